The summed E-state index contributed by atoms with van der Waals surface area (Å²) in [6.07, 6.45) is 5.72. The molecule has 3 rings (SSSR count). The fraction of sp³-hybridized carbons (Fsp3) is 0.615. The smallest absolute Gasteiger partial charge is 0.252 e. The molecule has 1 aliphatic rings. The van der Waals surface area contributed by atoms with E-state index in [1.165, 1.54) is 25.6 Å². The molecule has 2 heterocycles. The minimum Gasteiger partial charge on any atom is -0.375 e. The van der Waals surface area contributed by atoms with Gasteiger partial charge >= 0.3 is 0 Å². The summed E-state index contributed by atoms with van der Waals surface area (Å²) in [5.74, 6) is -0.0415. The molecule has 1 aromatic carbocycles. The second kappa shape index (κ2) is 14.0. The highest BCUT2D eigenvalue weighted by Gasteiger charge is 2.23. The quantitative estimate of drug-likeness (QED) is 0.552. The molecule has 9 nitrogen and oxygen atoms in total. The number of rotatable bonds is 8. The van der Waals surface area contributed by atoms with E-state index in [4.69, 9.17) is 4.74 Å². The van der Waals surface area contributed by atoms with E-state index in [-0.39, 0.29) is 30.8 Å². The number of aryl methyl sites for hydroxylation is 1. The standard InChI is InChI=1S/C26H39FN6O3/c1-21(2)16-30-10-5-12-31(25(34)7-4-13-32-20-28-19-29-32)17-22-15-23(27)8-9-24(22)33(14-6-11-30)26(35)18-36-3/h8-9,15,19-21H,4-7,10-14,16-18H2,1-3H3. The number of halogens is 1. The van der Waals surface area contributed by atoms with E-state index >= 15 is 0 Å². The van der Waals surface area contributed by atoms with Crippen LogP contribution in [0.15, 0.2) is 30.9 Å². The van der Waals surface area contributed by atoms with Crippen molar-refractivity contribution in [3.05, 3.63) is 42.2 Å². The lowest BCUT2D eigenvalue weighted by Gasteiger charge is -2.32. The average molecular weight is 503 g/mol. The van der Waals surface area contributed by atoms with E-state index < -0.39 is 0 Å². The molecule has 1 aromatic heterocycles. The fourth-order valence-electron chi connectivity index (χ4n) is 4.67. The second-order valence-corrected chi connectivity index (χ2v) is 9.73. The van der Waals surface area contributed by atoms with Gasteiger partial charge in [0.1, 0.15) is 25.1 Å². The molecule has 2 aromatic rings. The summed E-state index contributed by atoms with van der Waals surface area (Å²) in [6, 6.07) is 4.45. The molecule has 36 heavy (non-hydrogen) atoms. The average Bonchev–Trinajstić information content (AvgIpc) is 3.34. The summed E-state index contributed by atoms with van der Waals surface area (Å²) in [4.78, 5) is 36.1. The van der Waals surface area contributed by atoms with Crippen LogP contribution in [-0.2, 0) is 27.4 Å². The minimum atomic E-state index is -0.387. The van der Waals surface area contributed by atoms with Crippen LogP contribution in [0.1, 0.15) is 45.1 Å². The second-order valence-electron chi connectivity index (χ2n) is 9.73. The largest absolute Gasteiger partial charge is 0.375 e. The molecule has 0 saturated carbocycles. The molecule has 2 amide bonds. The van der Waals surface area contributed by atoms with Gasteiger partial charge in [-0.25, -0.2) is 9.37 Å². The van der Waals surface area contributed by atoms with E-state index in [0.29, 0.717) is 49.6 Å². The van der Waals surface area contributed by atoms with E-state index in [1.807, 2.05) is 0 Å². The van der Waals surface area contributed by atoms with Crippen molar-refractivity contribution in [3.8, 4) is 0 Å². The van der Waals surface area contributed by atoms with Crippen LogP contribution in [0.2, 0.25) is 0 Å². The topological polar surface area (TPSA) is 83.8 Å². The monoisotopic (exact) mass is 502 g/mol. The van der Waals surface area contributed by atoms with Crippen molar-refractivity contribution in [2.75, 3.05) is 51.3 Å². The molecular weight excluding hydrogens is 463 g/mol. The Bertz CT molecular complexity index is 969. The van der Waals surface area contributed by atoms with Gasteiger partial charge in [-0.2, -0.15) is 5.10 Å². The number of carbonyl (C=O) groups excluding carboxylic acids is 2. The SMILES string of the molecule is COCC(=O)N1CCCN(CC(C)C)CCCN(C(=O)CCCn2cncn2)Cc2cc(F)ccc21. The van der Waals surface area contributed by atoms with Gasteiger partial charge in [0.05, 0.1) is 0 Å². The maximum Gasteiger partial charge on any atom is 0.252 e. The van der Waals surface area contributed by atoms with Crippen molar-refractivity contribution in [2.45, 2.75) is 52.6 Å². The number of carbonyl (C=O) groups is 2. The van der Waals surface area contributed by atoms with Crippen molar-refractivity contribution in [1.29, 1.82) is 0 Å². The van der Waals surface area contributed by atoms with Crippen LogP contribution < -0.4 is 4.90 Å². The zero-order valence-corrected chi connectivity index (χ0v) is 21.7. The van der Waals surface area contributed by atoms with Gasteiger partial charge in [0.25, 0.3) is 5.91 Å². The van der Waals surface area contributed by atoms with E-state index in [1.54, 1.807) is 26.9 Å². The van der Waals surface area contributed by atoms with Gasteiger partial charge in [-0.3, -0.25) is 14.3 Å². The van der Waals surface area contributed by atoms with Crippen molar-refractivity contribution in [2.24, 2.45) is 5.92 Å². The van der Waals surface area contributed by atoms with Crippen LogP contribution in [0, 0.1) is 11.7 Å². The maximum absolute atomic E-state index is 14.3. The van der Waals surface area contributed by atoms with Gasteiger partial charge in [-0.05, 0) is 62.0 Å². The first-order valence-corrected chi connectivity index (χ1v) is 12.8. The molecule has 10 heteroatoms. The minimum absolute atomic E-state index is 0.00700. The highest BCUT2D eigenvalue weighted by atomic mass is 19.1. The number of ether oxygens (including phenoxy) is 1. The summed E-state index contributed by atoms with van der Waals surface area (Å²) < 4.78 is 21.2. The maximum atomic E-state index is 14.3. The molecule has 0 radical (unpaired) electrons. The van der Waals surface area contributed by atoms with Crippen LogP contribution >= 0.6 is 0 Å². The Morgan fingerprint density at radius 2 is 1.89 bits per heavy atom. The van der Waals surface area contributed by atoms with Gasteiger partial charge in [0.15, 0.2) is 0 Å². The Morgan fingerprint density at radius 1 is 1.11 bits per heavy atom. The molecule has 0 N–H and O–H groups in total. The third-order valence-electron chi connectivity index (χ3n) is 6.24. The zero-order chi connectivity index (χ0) is 25.9. The number of anilines is 1. The zero-order valence-electron chi connectivity index (χ0n) is 21.7. The lowest BCUT2D eigenvalue weighted by molar-refractivity contribution is -0.132. The van der Waals surface area contributed by atoms with Crippen LogP contribution in [0.5, 0.6) is 0 Å². The summed E-state index contributed by atoms with van der Waals surface area (Å²) in [7, 11) is 1.49. The molecule has 198 valence electrons. The van der Waals surface area contributed by atoms with Crippen LogP contribution in [0.25, 0.3) is 0 Å². The van der Waals surface area contributed by atoms with Crippen molar-refractivity contribution < 1.29 is 18.7 Å². The Balaban J connectivity index is 1.85. The van der Waals surface area contributed by atoms with E-state index in [9.17, 15) is 14.0 Å². The lowest BCUT2D eigenvalue weighted by atomic mass is 10.1. The Morgan fingerprint density at radius 3 is 2.58 bits per heavy atom. The van der Waals surface area contributed by atoms with Crippen LogP contribution in [0.3, 0.4) is 0 Å². The van der Waals surface area contributed by atoms with Crippen molar-refractivity contribution in [3.63, 3.8) is 0 Å². The summed E-state index contributed by atoms with van der Waals surface area (Å²) in [5.41, 5.74) is 1.26. The summed E-state index contributed by atoms with van der Waals surface area (Å²) in [5, 5.41) is 4.09. The molecule has 0 saturated heterocycles. The molecular formula is C26H39FN6O3. The number of amides is 2. The van der Waals surface area contributed by atoms with Crippen LogP contribution in [-0.4, -0.2) is 82.8 Å². The highest BCUT2D eigenvalue weighted by Crippen LogP contribution is 2.25. The van der Waals surface area contributed by atoms with Gasteiger partial charge in [0, 0.05) is 51.9 Å². The summed E-state index contributed by atoms with van der Waals surface area (Å²) in [6.45, 7) is 8.92. The number of benzene rings is 1. The van der Waals surface area contributed by atoms with Gasteiger partial charge < -0.3 is 19.4 Å². The first-order chi connectivity index (χ1) is 17.4. The number of hydrogen-bond acceptors (Lipinski definition) is 6. The first-order valence-electron chi connectivity index (χ1n) is 12.8. The number of methoxy groups -OCH3 is 1. The fourth-order valence-corrected chi connectivity index (χ4v) is 4.67. The number of hydrogen-bond donors (Lipinski definition) is 0. The number of aromatic nitrogens is 3. The molecule has 0 spiro atoms. The Labute approximate surface area is 213 Å². The number of fused-ring (bicyclic) bond motifs is 1. The number of nitrogens with zero attached hydrogens (tertiary/aromatic N) is 6. The van der Waals surface area contributed by atoms with Crippen molar-refractivity contribution >= 4 is 17.5 Å². The summed E-state index contributed by atoms with van der Waals surface area (Å²) >= 11 is 0. The predicted octanol–water partition coefficient (Wildman–Crippen LogP) is 2.96. The van der Waals surface area contributed by atoms with Crippen molar-refractivity contribution in [1.82, 2.24) is 24.6 Å². The highest BCUT2D eigenvalue weighted by molar-refractivity contribution is 5.95. The molecule has 0 atom stereocenters. The Hall–Kier alpha value is -2.85. The first kappa shape index (κ1) is 27.7. The normalized spacial score (nSPS) is 15.9. The molecule has 0 fully saturated rings. The molecule has 0 bridgehead atoms. The van der Waals surface area contributed by atoms with Gasteiger partial charge in [0.2, 0.25) is 5.91 Å². The third-order valence-corrected chi connectivity index (χ3v) is 6.24. The Kier molecular flexibility index (Phi) is 10.8. The molecule has 0 unspecified atom stereocenters. The lowest BCUT2D eigenvalue weighted by Crippen LogP contribution is -2.40. The van der Waals surface area contributed by atoms with Gasteiger partial charge in [-0.15, -0.1) is 0 Å². The predicted molar refractivity (Wildman–Crippen MR) is 136 cm³/mol. The van der Waals surface area contributed by atoms with Crippen LogP contribution in [0.4, 0.5) is 10.1 Å². The third kappa shape index (κ3) is 8.37. The molecule has 1 aliphatic heterocycles. The van der Waals surface area contributed by atoms with Gasteiger partial charge in [-0.1, -0.05) is 13.8 Å². The molecule has 0 aliphatic carbocycles. The van der Waals surface area contributed by atoms with E-state index in [0.717, 1.165) is 32.5 Å². The van der Waals surface area contributed by atoms with E-state index in [2.05, 4.69) is 28.8 Å².